The molecule has 0 aromatic heterocycles. The van der Waals surface area contributed by atoms with Crippen LogP contribution >= 0.6 is 0 Å². The molecule has 0 bridgehead atoms. The Labute approximate surface area is 73.6 Å². The van der Waals surface area contributed by atoms with Crippen LogP contribution < -0.4 is 5.32 Å². The van der Waals surface area contributed by atoms with Crippen molar-refractivity contribution in [3.05, 3.63) is 29.6 Å². The van der Waals surface area contributed by atoms with Crippen molar-refractivity contribution in [1.82, 2.24) is 0 Å². The molecule has 0 atom stereocenters. The number of hydrogen-bond acceptors (Lipinski definition) is 2. The Morgan fingerprint density at radius 1 is 1.31 bits per heavy atom. The Balaban J connectivity index is 2.55. The molecule has 0 unspecified atom stereocenters. The van der Waals surface area contributed by atoms with Crippen molar-refractivity contribution in [2.24, 2.45) is 0 Å². The largest absolute Gasteiger partial charge is 0.325 e. The average Bonchev–Trinajstić information content (AvgIpc) is 2.06. The molecule has 1 amide bonds. The van der Waals surface area contributed by atoms with E-state index in [0.717, 1.165) is 6.07 Å². The number of halogens is 1. The first-order valence-corrected chi connectivity index (χ1v) is 3.79. The molecule has 0 saturated heterocycles. The SMILES string of the molecule is O=C1CC(=O)c2cc(F)ccc2N1. The number of rotatable bonds is 0. The number of benzene rings is 1. The van der Waals surface area contributed by atoms with Gasteiger partial charge in [-0.3, -0.25) is 9.59 Å². The molecule has 0 fully saturated rings. The van der Waals surface area contributed by atoms with E-state index in [1.54, 1.807) is 0 Å². The molecule has 1 heterocycles. The van der Waals surface area contributed by atoms with Gasteiger partial charge in [0.05, 0.1) is 12.1 Å². The molecule has 4 heteroatoms. The molecular formula is C9H6FNO2. The van der Waals surface area contributed by atoms with E-state index in [4.69, 9.17) is 0 Å². The van der Waals surface area contributed by atoms with Gasteiger partial charge in [0.15, 0.2) is 5.78 Å². The minimum Gasteiger partial charge on any atom is -0.325 e. The second-order valence-corrected chi connectivity index (χ2v) is 2.84. The Hall–Kier alpha value is -1.71. The van der Waals surface area contributed by atoms with Gasteiger partial charge >= 0.3 is 0 Å². The van der Waals surface area contributed by atoms with Gasteiger partial charge in [-0.15, -0.1) is 0 Å². The maximum Gasteiger partial charge on any atom is 0.232 e. The number of amides is 1. The van der Waals surface area contributed by atoms with Gasteiger partial charge in [0.1, 0.15) is 5.82 Å². The van der Waals surface area contributed by atoms with E-state index in [-0.39, 0.29) is 23.7 Å². The van der Waals surface area contributed by atoms with Crippen molar-refractivity contribution in [3.63, 3.8) is 0 Å². The third kappa shape index (κ3) is 1.30. The van der Waals surface area contributed by atoms with E-state index in [0.29, 0.717) is 5.69 Å². The van der Waals surface area contributed by atoms with Crippen molar-refractivity contribution >= 4 is 17.4 Å². The highest BCUT2D eigenvalue weighted by atomic mass is 19.1. The first kappa shape index (κ1) is 7.91. The maximum atomic E-state index is 12.7. The minimum atomic E-state index is -0.469. The molecule has 13 heavy (non-hydrogen) atoms. The third-order valence-electron chi connectivity index (χ3n) is 1.88. The average molecular weight is 179 g/mol. The second kappa shape index (κ2) is 2.65. The molecule has 1 aliphatic heterocycles. The molecule has 3 nitrogen and oxygen atoms in total. The normalized spacial score (nSPS) is 15.2. The summed E-state index contributed by atoms with van der Waals surface area (Å²) in [4.78, 5) is 22.1. The predicted molar refractivity (Wildman–Crippen MR) is 44.0 cm³/mol. The molecule has 0 aliphatic carbocycles. The summed E-state index contributed by atoms with van der Waals surface area (Å²) >= 11 is 0. The number of carbonyl (C=O) groups excluding carboxylic acids is 2. The van der Waals surface area contributed by atoms with Gasteiger partial charge in [0.25, 0.3) is 0 Å². The van der Waals surface area contributed by atoms with Crippen LogP contribution in [0.25, 0.3) is 0 Å². The molecule has 2 rings (SSSR count). The third-order valence-corrected chi connectivity index (χ3v) is 1.88. The fourth-order valence-corrected chi connectivity index (χ4v) is 1.29. The summed E-state index contributed by atoms with van der Waals surface area (Å²) in [6.07, 6.45) is -0.198. The zero-order valence-electron chi connectivity index (χ0n) is 6.63. The lowest BCUT2D eigenvalue weighted by atomic mass is 10.0. The summed E-state index contributed by atoms with van der Waals surface area (Å²) in [6.45, 7) is 0. The van der Waals surface area contributed by atoms with Crippen LogP contribution in [0.1, 0.15) is 16.8 Å². The Kier molecular flexibility index (Phi) is 1.62. The summed E-state index contributed by atoms with van der Waals surface area (Å²) in [5.74, 6) is -1.15. The lowest BCUT2D eigenvalue weighted by molar-refractivity contribution is -0.115. The summed E-state index contributed by atoms with van der Waals surface area (Å²) in [5, 5.41) is 2.49. The van der Waals surface area contributed by atoms with Crippen LogP contribution in [-0.4, -0.2) is 11.7 Å². The number of Topliss-reactive ketones (excluding diaryl/α,β-unsaturated/α-hetero) is 1. The molecule has 0 radical (unpaired) electrons. The van der Waals surface area contributed by atoms with Gasteiger partial charge in [-0.25, -0.2) is 4.39 Å². The quantitative estimate of drug-likeness (QED) is 0.611. The zero-order valence-corrected chi connectivity index (χ0v) is 6.63. The summed E-state index contributed by atoms with van der Waals surface area (Å²) in [5.41, 5.74) is 0.641. The number of carbonyl (C=O) groups is 2. The Morgan fingerprint density at radius 2 is 2.08 bits per heavy atom. The van der Waals surface area contributed by atoms with Crippen molar-refractivity contribution < 1.29 is 14.0 Å². The molecule has 0 saturated carbocycles. The van der Waals surface area contributed by atoms with Crippen LogP contribution in [-0.2, 0) is 4.79 Å². The fraction of sp³-hybridized carbons (Fsp3) is 0.111. The van der Waals surface area contributed by atoms with Gasteiger partial charge in [0, 0.05) is 5.56 Å². The van der Waals surface area contributed by atoms with Gasteiger partial charge in [0.2, 0.25) is 5.91 Å². The topological polar surface area (TPSA) is 46.2 Å². The molecule has 1 aliphatic rings. The highest BCUT2D eigenvalue weighted by Crippen LogP contribution is 2.22. The van der Waals surface area contributed by atoms with E-state index in [1.807, 2.05) is 0 Å². The lowest BCUT2D eigenvalue weighted by Gasteiger charge is -2.14. The monoisotopic (exact) mass is 179 g/mol. The summed E-state index contributed by atoms with van der Waals surface area (Å²) in [6, 6.07) is 3.73. The number of ketones is 1. The first-order chi connectivity index (χ1) is 6.16. The Bertz CT molecular complexity index is 401. The van der Waals surface area contributed by atoms with Crippen molar-refractivity contribution in [1.29, 1.82) is 0 Å². The molecule has 1 aromatic carbocycles. The number of hydrogen-bond donors (Lipinski definition) is 1. The number of fused-ring (bicyclic) bond motifs is 1. The highest BCUT2D eigenvalue weighted by molar-refractivity contribution is 6.18. The van der Waals surface area contributed by atoms with Crippen LogP contribution in [0.3, 0.4) is 0 Å². The lowest BCUT2D eigenvalue weighted by Crippen LogP contribution is -2.24. The van der Waals surface area contributed by atoms with Gasteiger partial charge in [-0.05, 0) is 18.2 Å². The van der Waals surface area contributed by atoms with E-state index in [9.17, 15) is 14.0 Å². The van der Waals surface area contributed by atoms with Crippen LogP contribution in [0.15, 0.2) is 18.2 Å². The number of nitrogens with one attached hydrogen (secondary N) is 1. The van der Waals surface area contributed by atoms with Gasteiger partial charge < -0.3 is 5.32 Å². The molecular weight excluding hydrogens is 173 g/mol. The molecule has 66 valence electrons. The minimum absolute atomic E-state index is 0.198. The smallest absolute Gasteiger partial charge is 0.232 e. The van der Waals surface area contributed by atoms with Crippen molar-refractivity contribution in [2.75, 3.05) is 5.32 Å². The highest BCUT2D eigenvalue weighted by Gasteiger charge is 2.22. The summed E-state index contributed by atoms with van der Waals surface area (Å²) in [7, 11) is 0. The molecule has 0 spiro atoms. The van der Waals surface area contributed by atoms with Gasteiger partial charge in [-0.2, -0.15) is 0 Å². The first-order valence-electron chi connectivity index (χ1n) is 3.79. The van der Waals surface area contributed by atoms with E-state index >= 15 is 0 Å². The fourth-order valence-electron chi connectivity index (χ4n) is 1.29. The van der Waals surface area contributed by atoms with Gasteiger partial charge in [-0.1, -0.05) is 0 Å². The molecule has 1 aromatic rings. The van der Waals surface area contributed by atoms with Crippen molar-refractivity contribution in [3.8, 4) is 0 Å². The maximum absolute atomic E-state index is 12.7. The van der Waals surface area contributed by atoms with Crippen LogP contribution in [0, 0.1) is 5.82 Å². The van der Waals surface area contributed by atoms with Crippen LogP contribution in [0.5, 0.6) is 0 Å². The van der Waals surface area contributed by atoms with E-state index in [1.165, 1.54) is 12.1 Å². The van der Waals surface area contributed by atoms with Crippen LogP contribution in [0.4, 0.5) is 10.1 Å². The number of anilines is 1. The second-order valence-electron chi connectivity index (χ2n) is 2.84. The standard InChI is InChI=1S/C9H6FNO2/c10-5-1-2-7-6(3-5)8(12)4-9(13)11-7/h1-3H,4H2,(H,11,13). The van der Waals surface area contributed by atoms with Crippen molar-refractivity contribution in [2.45, 2.75) is 6.42 Å². The zero-order chi connectivity index (χ0) is 9.42. The Morgan fingerprint density at radius 3 is 2.85 bits per heavy atom. The van der Waals surface area contributed by atoms with Crippen LogP contribution in [0.2, 0.25) is 0 Å². The predicted octanol–water partition coefficient (Wildman–Crippen LogP) is 1.35. The summed E-state index contributed by atoms with van der Waals surface area (Å²) < 4.78 is 12.7. The van der Waals surface area contributed by atoms with E-state index < -0.39 is 5.82 Å². The van der Waals surface area contributed by atoms with E-state index in [2.05, 4.69) is 5.32 Å². The molecule has 1 N–H and O–H groups in total.